The van der Waals surface area contributed by atoms with Crippen LogP contribution in [0.2, 0.25) is 0 Å². The van der Waals surface area contributed by atoms with E-state index in [0.717, 1.165) is 0 Å². The summed E-state index contributed by atoms with van der Waals surface area (Å²) in [4.78, 5) is 10.3. The van der Waals surface area contributed by atoms with Gasteiger partial charge in [-0.2, -0.15) is 5.10 Å². The summed E-state index contributed by atoms with van der Waals surface area (Å²) in [5, 5.41) is 19.0. The SMILES string of the molecule is Cn1c(-c2ccc(N=O)cc2O)n[nH]c1=S. The quantitative estimate of drug-likeness (QED) is 0.618. The summed E-state index contributed by atoms with van der Waals surface area (Å²) in [6.45, 7) is 0. The average molecular weight is 236 g/mol. The van der Waals surface area contributed by atoms with Gasteiger partial charge in [-0.15, -0.1) is 4.91 Å². The van der Waals surface area contributed by atoms with Crippen LogP contribution < -0.4 is 0 Å². The fourth-order valence-corrected chi connectivity index (χ4v) is 1.49. The maximum Gasteiger partial charge on any atom is 0.195 e. The highest BCUT2D eigenvalue weighted by Crippen LogP contribution is 2.30. The number of aromatic hydroxyl groups is 1. The van der Waals surface area contributed by atoms with Crippen LogP contribution in [0.25, 0.3) is 11.4 Å². The second-order valence-corrected chi connectivity index (χ2v) is 3.59. The van der Waals surface area contributed by atoms with E-state index in [4.69, 9.17) is 12.2 Å². The first-order valence-electron chi connectivity index (χ1n) is 4.41. The minimum Gasteiger partial charge on any atom is -0.507 e. The first-order valence-corrected chi connectivity index (χ1v) is 4.82. The molecule has 0 amide bonds. The molecule has 0 saturated heterocycles. The van der Waals surface area contributed by atoms with Crippen LogP contribution in [0, 0.1) is 9.68 Å². The zero-order chi connectivity index (χ0) is 11.7. The maximum absolute atomic E-state index is 10.3. The largest absolute Gasteiger partial charge is 0.507 e. The summed E-state index contributed by atoms with van der Waals surface area (Å²) in [5.41, 5.74) is 0.653. The summed E-state index contributed by atoms with van der Waals surface area (Å²) in [6.07, 6.45) is 0. The number of aromatic nitrogens is 3. The topological polar surface area (TPSA) is 83.3 Å². The average Bonchev–Trinajstić information content (AvgIpc) is 2.60. The smallest absolute Gasteiger partial charge is 0.195 e. The number of benzene rings is 1. The second kappa shape index (κ2) is 3.86. The van der Waals surface area contributed by atoms with Gasteiger partial charge in [0.05, 0.1) is 5.56 Å². The van der Waals surface area contributed by atoms with Gasteiger partial charge < -0.3 is 9.67 Å². The van der Waals surface area contributed by atoms with Gasteiger partial charge in [-0.1, -0.05) is 0 Å². The number of nitroso groups, excluding NO2 is 1. The van der Waals surface area contributed by atoms with Crippen molar-refractivity contribution in [1.82, 2.24) is 14.8 Å². The lowest BCUT2D eigenvalue weighted by Crippen LogP contribution is -1.92. The zero-order valence-corrected chi connectivity index (χ0v) is 9.15. The van der Waals surface area contributed by atoms with Crippen LogP contribution in [0.5, 0.6) is 5.75 Å². The van der Waals surface area contributed by atoms with Gasteiger partial charge in [-0.3, -0.25) is 5.10 Å². The third-order valence-corrected chi connectivity index (χ3v) is 2.57. The molecular formula is C9H8N4O2S. The number of nitrogens with one attached hydrogen (secondary N) is 1. The van der Waals surface area contributed by atoms with Gasteiger partial charge in [-0.05, 0) is 29.5 Å². The van der Waals surface area contributed by atoms with Crippen molar-refractivity contribution in [1.29, 1.82) is 0 Å². The molecule has 2 N–H and O–H groups in total. The van der Waals surface area contributed by atoms with Crippen molar-refractivity contribution in [3.63, 3.8) is 0 Å². The molecule has 0 spiro atoms. The zero-order valence-electron chi connectivity index (χ0n) is 8.34. The highest BCUT2D eigenvalue weighted by molar-refractivity contribution is 7.71. The summed E-state index contributed by atoms with van der Waals surface area (Å²) in [5.74, 6) is 0.439. The number of H-pyrrole nitrogens is 1. The van der Waals surface area contributed by atoms with Crippen molar-refractivity contribution >= 4 is 17.9 Å². The first-order chi connectivity index (χ1) is 7.63. The number of hydrogen-bond acceptors (Lipinski definition) is 5. The molecule has 0 fully saturated rings. The number of phenolic OH excluding ortho intramolecular Hbond substituents is 1. The van der Waals surface area contributed by atoms with Crippen LogP contribution in [0.15, 0.2) is 23.4 Å². The predicted molar refractivity (Wildman–Crippen MR) is 60.9 cm³/mol. The summed E-state index contributed by atoms with van der Waals surface area (Å²) in [6, 6.07) is 4.34. The van der Waals surface area contributed by atoms with E-state index >= 15 is 0 Å². The number of aromatic amines is 1. The number of hydrogen-bond donors (Lipinski definition) is 2. The van der Waals surface area contributed by atoms with E-state index in [2.05, 4.69) is 15.4 Å². The lowest BCUT2D eigenvalue weighted by Gasteiger charge is -2.03. The molecule has 0 aliphatic heterocycles. The van der Waals surface area contributed by atoms with Crippen LogP contribution in [0.1, 0.15) is 0 Å². The van der Waals surface area contributed by atoms with E-state index in [0.29, 0.717) is 16.2 Å². The van der Waals surface area contributed by atoms with Gasteiger partial charge in [0.25, 0.3) is 0 Å². The van der Waals surface area contributed by atoms with Crippen molar-refractivity contribution in [3.05, 3.63) is 27.9 Å². The van der Waals surface area contributed by atoms with Crippen molar-refractivity contribution < 1.29 is 5.11 Å². The lowest BCUT2D eigenvalue weighted by molar-refractivity contribution is 0.477. The molecule has 1 aromatic heterocycles. The van der Waals surface area contributed by atoms with Crippen molar-refractivity contribution in [2.75, 3.05) is 0 Å². The summed E-state index contributed by atoms with van der Waals surface area (Å²) >= 11 is 4.96. The molecule has 16 heavy (non-hydrogen) atoms. The Bertz CT molecular complexity index is 602. The standard InChI is InChI=1S/C9H8N4O2S/c1-13-8(10-11-9(13)16)6-3-2-5(12-15)4-7(6)14/h2-4,14H,1H3,(H,11,16). The van der Waals surface area contributed by atoms with Crippen LogP contribution in [-0.2, 0) is 7.05 Å². The predicted octanol–water partition coefficient (Wildman–Crippen LogP) is 2.25. The van der Waals surface area contributed by atoms with Crippen molar-refractivity contribution in [3.8, 4) is 17.1 Å². The Hall–Kier alpha value is -2.02. The molecule has 0 radical (unpaired) electrons. The second-order valence-electron chi connectivity index (χ2n) is 3.20. The fourth-order valence-electron chi connectivity index (χ4n) is 1.35. The van der Waals surface area contributed by atoms with Crippen molar-refractivity contribution in [2.45, 2.75) is 0 Å². The Morgan fingerprint density at radius 2 is 2.31 bits per heavy atom. The molecule has 1 aromatic carbocycles. The molecule has 0 bridgehead atoms. The first kappa shape index (κ1) is 10.5. The molecule has 82 valence electrons. The monoisotopic (exact) mass is 236 g/mol. The van der Waals surface area contributed by atoms with Gasteiger partial charge in [0, 0.05) is 13.1 Å². The van der Waals surface area contributed by atoms with E-state index in [-0.39, 0.29) is 11.4 Å². The van der Waals surface area contributed by atoms with Gasteiger partial charge in [0.1, 0.15) is 11.4 Å². The van der Waals surface area contributed by atoms with Gasteiger partial charge in [0.15, 0.2) is 10.6 Å². The molecule has 0 aliphatic rings. The third-order valence-electron chi connectivity index (χ3n) is 2.21. The van der Waals surface area contributed by atoms with E-state index in [1.807, 2.05) is 0 Å². The molecule has 0 aliphatic carbocycles. The van der Waals surface area contributed by atoms with Crippen LogP contribution >= 0.6 is 12.2 Å². The Balaban J connectivity index is 2.61. The van der Waals surface area contributed by atoms with Crippen molar-refractivity contribution in [2.24, 2.45) is 12.2 Å². The minimum atomic E-state index is -0.0609. The summed E-state index contributed by atoms with van der Waals surface area (Å²) < 4.78 is 2.07. The summed E-state index contributed by atoms with van der Waals surface area (Å²) in [7, 11) is 1.73. The lowest BCUT2D eigenvalue weighted by atomic mass is 10.1. The van der Waals surface area contributed by atoms with Crippen LogP contribution in [0.4, 0.5) is 5.69 Å². The molecule has 6 nitrogen and oxygen atoms in total. The molecule has 2 rings (SSSR count). The van der Waals surface area contributed by atoms with Gasteiger partial charge in [-0.25, -0.2) is 0 Å². The Kier molecular flexibility index (Phi) is 2.53. The Morgan fingerprint density at radius 1 is 1.56 bits per heavy atom. The van der Waals surface area contributed by atoms with E-state index in [1.165, 1.54) is 12.1 Å². The number of rotatable bonds is 2. The van der Waals surface area contributed by atoms with Crippen LogP contribution in [0.3, 0.4) is 0 Å². The molecule has 1 heterocycles. The van der Waals surface area contributed by atoms with Gasteiger partial charge in [0.2, 0.25) is 0 Å². The highest BCUT2D eigenvalue weighted by atomic mass is 32.1. The molecule has 7 heteroatoms. The molecular weight excluding hydrogens is 228 g/mol. The normalized spacial score (nSPS) is 10.3. The highest BCUT2D eigenvalue weighted by Gasteiger charge is 2.11. The van der Waals surface area contributed by atoms with E-state index in [1.54, 1.807) is 17.7 Å². The maximum atomic E-state index is 10.3. The molecule has 0 atom stereocenters. The number of nitrogens with zero attached hydrogens (tertiary/aromatic N) is 3. The molecule has 2 aromatic rings. The van der Waals surface area contributed by atoms with E-state index < -0.39 is 0 Å². The van der Waals surface area contributed by atoms with Gasteiger partial charge >= 0.3 is 0 Å². The number of phenols is 1. The van der Waals surface area contributed by atoms with Crippen LogP contribution in [-0.4, -0.2) is 19.9 Å². The Morgan fingerprint density at radius 3 is 2.81 bits per heavy atom. The fraction of sp³-hybridized carbons (Fsp3) is 0.111. The Labute approximate surface area is 95.5 Å². The third kappa shape index (κ3) is 1.61. The van der Waals surface area contributed by atoms with E-state index in [9.17, 15) is 10.0 Å². The molecule has 0 unspecified atom stereocenters. The molecule has 0 saturated carbocycles. The minimum absolute atomic E-state index is 0.0609.